The van der Waals surface area contributed by atoms with E-state index in [1.165, 1.54) is 17.7 Å². The maximum absolute atomic E-state index is 13.4. The molecule has 1 unspecified atom stereocenters. The normalized spacial score (nSPS) is 12.6. The predicted molar refractivity (Wildman–Crippen MR) is 123 cm³/mol. The van der Waals surface area contributed by atoms with Gasteiger partial charge in [0.2, 0.25) is 0 Å². The summed E-state index contributed by atoms with van der Waals surface area (Å²) in [4.78, 5) is 0. The van der Waals surface area contributed by atoms with Crippen LogP contribution in [0.25, 0.3) is 5.70 Å². The van der Waals surface area contributed by atoms with E-state index in [1.807, 2.05) is 38.1 Å². The van der Waals surface area contributed by atoms with Crippen molar-refractivity contribution in [3.63, 3.8) is 0 Å². The Morgan fingerprint density at radius 2 is 1.76 bits per heavy atom. The zero-order valence-electron chi connectivity index (χ0n) is 17.6. The van der Waals surface area contributed by atoms with Crippen molar-refractivity contribution in [1.29, 1.82) is 0 Å². The van der Waals surface area contributed by atoms with Crippen molar-refractivity contribution in [2.24, 2.45) is 0 Å². The fraction of sp³-hybridized carbons (Fsp3) is 0.231. The van der Waals surface area contributed by atoms with Gasteiger partial charge in [-0.1, -0.05) is 69.0 Å². The Labute approximate surface area is 174 Å². The highest BCUT2D eigenvalue weighted by atomic mass is 19.1. The zero-order valence-corrected chi connectivity index (χ0v) is 17.6. The van der Waals surface area contributed by atoms with E-state index in [9.17, 15) is 4.39 Å². The van der Waals surface area contributed by atoms with Crippen molar-refractivity contribution < 1.29 is 4.39 Å². The number of rotatable bonds is 10. The summed E-state index contributed by atoms with van der Waals surface area (Å²) in [5.41, 5.74) is 5.85. The van der Waals surface area contributed by atoms with Crippen molar-refractivity contribution in [2.75, 3.05) is 0 Å². The zero-order chi connectivity index (χ0) is 21.2. The maximum Gasteiger partial charge on any atom is 0.123 e. The topological polar surface area (TPSA) is 24.1 Å². The van der Waals surface area contributed by atoms with Crippen molar-refractivity contribution in [1.82, 2.24) is 10.6 Å². The van der Waals surface area contributed by atoms with Crippen LogP contribution in [0, 0.1) is 5.82 Å². The van der Waals surface area contributed by atoms with Gasteiger partial charge in [0.05, 0.1) is 0 Å². The number of aryl methyl sites for hydroxylation is 1. The van der Waals surface area contributed by atoms with Crippen LogP contribution in [-0.4, -0.2) is 0 Å². The fourth-order valence-corrected chi connectivity index (χ4v) is 3.05. The quantitative estimate of drug-likeness (QED) is 0.443. The van der Waals surface area contributed by atoms with Gasteiger partial charge in [-0.2, -0.15) is 0 Å². The molecule has 0 aliphatic heterocycles. The number of benzene rings is 2. The molecule has 29 heavy (non-hydrogen) atoms. The van der Waals surface area contributed by atoms with Crippen LogP contribution in [0.3, 0.4) is 0 Å². The van der Waals surface area contributed by atoms with Crippen molar-refractivity contribution in [3.05, 3.63) is 114 Å². The molecule has 1 atom stereocenters. The summed E-state index contributed by atoms with van der Waals surface area (Å²) in [5, 5.41) is 6.61. The third-order valence-electron chi connectivity index (χ3n) is 4.62. The van der Waals surface area contributed by atoms with E-state index >= 15 is 0 Å². The number of halogens is 1. The van der Waals surface area contributed by atoms with Gasteiger partial charge in [-0.25, -0.2) is 4.39 Å². The Kier molecular flexibility index (Phi) is 8.47. The fourth-order valence-electron chi connectivity index (χ4n) is 3.05. The van der Waals surface area contributed by atoms with Gasteiger partial charge in [-0.05, 0) is 61.2 Å². The Morgan fingerprint density at radius 3 is 2.38 bits per heavy atom. The highest BCUT2D eigenvalue weighted by Gasteiger charge is 2.06. The average Bonchev–Trinajstić information content (AvgIpc) is 2.71. The van der Waals surface area contributed by atoms with Crippen LogP contribution in [0.4, 0.5) is 4.39 Å². The summed E-state index contributed by atoms with van der Waals surface area (Å²) in [6.07, 6.45) is 8.02. The predicted octanol–water partition coefficient (Wildman–Crippen LogP) is 6.66. The summed E-state index contributed by atoms with van der Waals surface area (Å²) in [5.74, 6) is -0.239. The smallest absolute Gasteiger partial charge is 0.123 e. The van der Waals surface area contributed by atoms with E-state index in [1.54, 1.807) is 6.07 Å². The highest BCUT2D eigenvalue weighted by Crippen LogP contribution is 2.17. The molecule has 0 saturated heterocycles. The minimum absolute atomic E-state index is 0.0446. The lowest BCUT2D eigenvalue weighted by Gasteiger charge is -2.16. The second-order valence-corrected chi connectivity index (χ2v) is 7.08. The van der Waals surface area contributed by atoms with E-state index in [2.05, 4.69) is 55.0 Å². The number of hydrogen-bond acceptors (Lipinski definition) is 2. The van der Waals surface area contributed by atoms with Crippen molar-refractivity contribution in [3.8, 4) is 0 Å². The molecule has 0 fully saturated rings. The number of nitrogens with one attached hydrogen (secondary N) is 2. The van der Waals surface area contributed by atoms with Gasteiger partial charge >= 0.3 is 0 Å². The van der Waals surface area contributed by atoms with E-state index < -0.39 is 0 Å². The third-order valence-corrected chi connectivity index (χ3v) is 4.62. The summed E-state index contributed by atoms with van der Waals surface area (Å²) < 4.78 is 13.4. The van der Waals surface area contributed by atoms with Gasteiger partial charge < -0.3 is 10.6 Å². The molecule has 2 N–H and O–H groups in total. The molecule has 0 aliphatic rings. The van der Waals surface area contributed by atoms with Crippen LogP contribution >= 0.6 is 0 Å². The van der Waals surface area contributed by atoms with E-state index in [0.717, 1.165) is 41.1 Å². The molecule has 2 aromatic carbocycles. The highest BCUT2D eigenvalue weighted by molar-refractivity contribution is 5.65. The molecule has 0 spiro atoms. The summed E-state index contributed by atoms with van der Waals surface area (Å²) in [7, 11) is 0. The van der Waals surface area contributed by atoms with Crippen LogP contribution in [0.2, 0.25) is 0 Å². The molecule has 0 heterocycles. The first kappa shape index (κ1) is 22.2. The average molecular weight is 391 g/mol. The molecule has 0 radical (unpaired) electrons. The minimum Gasteiger partial charge on any atom is -0.379 e. The van der Waals surface area contributed by atoms with Crippen molar-refractivity contribution >= 4 is 5.70 Å². The molecule has 152 valence electrons. The van der Waals surface area contributed by atoms with Crippen LogP contribution in [0.1, 0.15) is 49.9 Å². The van der Waals surface area contributed by atoms with Gasteiger partial charge in [0.15, 0.2) is 0 Å². The summed E-state index contributed by atoms with van der Waals surface area (Å²) >= 11 is 0. The largest absolute Gasteiger partial charge is 0.379 e. The van der Waals surface area contributed by atoms with Gasteiger partial charge in [0.1, 0.15) is 5.82 Å². The Morgan fingerprint density at radius 1 is 1.07 bits per heavy atom. The van der Waals surface area contributed by atoms with Crippen LogP contribution in [0.5, 0.6) is 0 Å². The summed E-state index contributed by atoms with van der Waals surface area (Å²) in [6.45, 7) is 14.3. The molecule has 3 heteroatoms. The van der Waals surface area contributed by atoms with Crippen molar-refractivity contribution in [2.45, 2.75) is 39.7 Å². The molecule has 2 aromatic rings. The molecular weight excluding hydrogens is 359 g/mol. The number of allylic oxidation sites excluding steroid dienone is 3. The molecule has 0 aliphatic carbocycles. The molecular formula is C26H31FN2. The second kappa shape index (κ2) is 11.1. The van der Waals surface area contributed by atoms with Gasteiger partial charge in [0, 0.05) is 23.1 Å². The SMILES string of the molecule is C=C(/C=C\C(=C)NC(C)c1cccc(F)c1)N/C(=C\C)c1ccc(CCC)cc1. The Balaban J connectivity index is 1.92. The second-order valence-electron chi connectivity index (χ2n) is 7.08. The van der Waals surface area contributed by atoms with E-state index in [0.29, 0.717) is 0 Å². The minimum atomic E-state index is -0.239. The lowest BCUT2D eigenvalue weighted by atomic mass is 10.1. The third kappa shape index (κ3) is 7.11. The van der Waals surface area contributed by atoms with Gasteiger partial charge in [0.25, 0.3) is 0 Å². The molecule has 0 bridgehead atoms. The van der Waals surface area contributed by atoms with Crippen LogP contribution in [-0.2, 0) is 6.42 Å². The molecule has 0 saturated carbocycles. The lowest BCUT2D eigenvalue weighted by molar-refractivity contribution is 0.612. The first-order chi connectivity index (χ1) is 13.9. The van der Waals surface area contributed by atoms with Gasteiger partial charge in [-0.15, -0.1) is 0 Å². The van der Waals surface area contributed by atoms with Gasteiger partial charge in [-0.3, -0.25) is 0 Å². The summed E-state index contributed by atoms with van der Waals surface area (Å²) in [6, 6.07) is 15.1. The van der Waals surface area contributed by atoms with Crippen LogP contribution in [0.15, 0.2) is 91.3 Å². The molecule has 2 rings (SSSR count). The standard InChI is InChI=1S/C26H31FN2/c1-6-9-22-14-16-23(17-15-22)26(7-2)29-20(4)13-12-19(3)28-21(5)24-10-8-11-25(27)18-24/h7-8,10-18,21,28-29H,3-4,6,9H2,1-2,5H3/b13-12-,26-7-. The monoisotopic (exact) mass is 390 g/mol. The maximum atomic E-state index is 13.4. The van der Waals surface area contributed by atoms with Crippen LogP contribution < -0.4 is 10.6 Å². The molecule has 2 nitrogen and oxygen atoms in total. The Hall–Kier alpha value is -3.07. The first-order valence-electron chi connectivity index (χ1n) is 10.0. The first-order valence-corrected chi connectivity index (χ1v) is 10.0. The number of hydrogen-bond donors (Lipinski definition) is 2. The lowest BCUT2D eigenvalue weighted by Crippen LogP contribution is -2.16. The van der Waals surface area contributed by atoms with E-state index in [4.69, 9.17) is 0 Å². The molecule has 0 aromatic heterocycles. The van der Waals surface area contributed by atoms with E-state index in [-0.39, 0.29) is 11.9 Å². The Bertz CT molecular complexity index is 891. The molecule has 0 amide bonds.